The molecule has 0 unspecified atom stereocenters. The summed E-state index contributed by atoms with van der Waals surface area (Å²) >= 11 is 5.91. The molecule has 0 bridgehead atoms. The average Bonchev–Trinajstić information content (AvgIpc) is 2.67. The third-order valence-corrected chi connectivity index (χ3v) is 4.12. The molecule has 0 heterocycles. The summed E-state index contributed by atoms with van der Waals surface area (Å²) in [5.41, 5.74) is 2.67. The van der Waals surface area contributed by atoms with Crippen LogP contribution in [0, 0.1) is 6.92 Å². The summed E-state index contributed by atoms with van der Waals surface area (Å²) in [7, 11) is 0. The summed E-state index contributed by atoms with van der Waals surface area (Å²) in [5, 5.41) is 3.44. The standard InChI is InChI=1S/C22H20ClNO3/c1-16-13-18(23)7-12-21(16)27-15-22(25)24-19-8-10-20(11-9-19)26-14-17-5-3-2-4-6-17/h2-13H,14-15H2,1H3,(H,24,25). The highest BCUT2D eigenvalue weighted by molar-refractivity contribution is 6.30. The number of carbonyl (C=O) groups excluding carboxylic acids is 1. The molecule has 0 atom stereocenters. The molecule has 0 saturated heterocycles. The van der Waals surface area contributed by atoms with Gasteiger partial charge >= 0.3 is 0 Å². The lowest BCUT2D eigenvalue weighted by atomic mass is 10.2. The minimum atomic E-state index is -0.234. The number of ether oxygens (including phenoxy) is 2. The molecule has 0 aliphatic heterocycles. The van der Waals surface area contributed by atoms with Crippen molar-refractivity contribution in [3.63, 3.8) is 0 Å². The van der Waals surface area contributed by atoms with E-state index in [0.717, 1.165) is 16.9 Å². The maximum Gasteiger partial charge on any atom is 0.262 e. The second-order valence-electron chi connectivity index (χ2n) is 6.05. The highest BCUT2D eigenvalue weighted by Gasteiger charge is 2.06. The molecule has 4 nitrogen and oxygen atoms in total. The van der Waals surface area contributed by atoms with Crippen LogP contribution in [0.4, 0.5) is 5.69 Å². The van der Waals surface area contributed by atoms with Gasteiger partial charge in [-0.3, -0.25) is 4.79 Å². The predicted molar refractivity (Wildman–Crippen MR) is 108 cm³/mol. The molecule has 3 aromatic rings. The number of rotatable bonds is 7. The number of nitrogens with one attached hydrogen (secondary N) is 1. The maximum absolute atomic E-state index is 12.1. The normalized spacial score (nSPS) is 10.3. The van der Waals surface area contributed by atoms with Crippen molar-refractivity contribution in [2.24, 2.45) is 0 Å². The topological polar surface area (TPSA) is 47.6 Å². The van der Waals surface area contributed by atoms with Crippen LogP contribution in [-0.2, 0) is 11.4 Å². The molecule has 0 aliphatic carbocycles. The molecule has 0 aromatic heterocycles. The number of hydrogen-bond donors (Lipinski definition) is 1. The van der Waals surface area contributed by atoms with Gasteiger partial charge in [-0.05, 0) is 60.5 Å². The first-order chi connectivity index (χ1) is 13.1. The van der Waals surface area contributed by atoms with Crippen molar-refractivity contribution >= 4 is 23.2 Å². The molecule has 138 valence electrons. The molecule has 27 heavy (non-hydrogen) atoms. The number of aryl methyl sites for hydroxylation is 1. The molecular weight excluding hydrogens is 362 g/mol. The van der Waals surface area contributed by atoms with Gasteiger partial charge in [-0.1, -0.05) is 41.9 Å². The fourth-order valence-electron chi connectivity index (χ4n) is 2.49. The van der Waals surface area contributed by atoms with E-state index in [2.05, 4.69) is 5.32 Å². The lowest BCUT2D eigenvalue weighted by molar-refractivity contribution is -0.118. The van der Waals surface area contributed by atoms with E-state index >= 15 is 0 Å². The van der Waals surface area contributed by atoms with Crippen LogP contribution in [0.1, 0.15) is 11.1 Å². The van der Waals surface area contributed by atoms with E-state index in [1.54, 1.807) is 30.3 Å². The van der Waals surface area contributed by atoms with Crippen LogP contribution in [0.2, 0.25) is 5.02 Å². The van der Waals surface area contributed by atoms with Crippen molar-refractivity contribution < 1.29 is 14.3 Å². The van der Waals surface area contributed by atoms with E-state index in [0.29, 0.717) is 23.1 Å². The van der Waals surface area contributed by atoms with Gasteiger partial charge in [0, 0.05) is 10.7 Å². The summed E-state index contributed by atoms with van der Waals surface area (Å²) < 4.78 is 11.3. The Labute approximate surface area is 163 Å². The first kappa shape index (κ1) is 18.8. The zero-order valence-corrected chi connectivity index (χ0v) is 15.7. The lowest BCUT2D eigenvalue weighted by Gasteiger charge is -2.11. The van der Waals surface area contributed by atoms with E-state index in [9.17, 15) is 4.79 Å². The van der Waals surface area contributed by atoms with Crippen molar-refractivity contribution in [1.29, 1.82) is 0 Å². The van der Waals surface area contributed by atoms with Gasteiger partial charge in [-0.25, -0.2) is 0 Å². The fraction of sp³-hybridized carbons (Fsp3) is 0.136. The zero-order valence-electron chi connectivity index (χ0n) is 14.9. The summed E-state index contributed by atoms with van der Waals surface area (Å²) in [4.78, 5) is 12.1. The average molecular weight is 382 g/mol. The number of anilines is 1. The number of amides is 1. The number of hydrogen-bond acceptors (Lipinski definition) is 3. The molecule has 3 aromatic carbocycles. The van der Waals surface area contributed by atoms with Gasteiger partial charge < -0.3 is 14.8 Å². The first-order valence-corrected chi connectivity index (χ1v) is 8.93. The second kappa shape index (κ2) is 9.10. The van der Waals surface area contributed by atoms with Crippen molar-refractivity contribution in [1.82, 2.24) is 0 Å². The molecule has 0 radical (unpaired) electrons. The SMILES string of the molecule is Cc1cc(Cl)ccc1OCC(=O)Nc1ccc(OCc2ccccc2)cc1. The van der Waals surface area contributed by atoms with Gasteiger partial charge in [0.1, 0.15) is 18.1 Å². The van der Waals surface area contributed by atoms with E-state index in [4.69, 9.17) is 21.1 Å². The molecular formula is C22H20ClNO3. The third kappa shape index (κ3) is 5.76. The Kier molecular flexibility index (Phi) is 6.34. The van der Waals surface area contributed by atoms with Crippen LogP contribution in [-0.4, -0.2) is 12.5 Å². The highest BCUT2D eigenvalue weighted by atomic mass is 35.5. The van der Waals surface area contributed by atoms with Crippen molar-refractivity contribution in [3.8, 4) is 11.5 Å². The molecule has 1 N–H and O–H groups in total. The van der Waals surface area contributed by atoms with Crippen molar-refractivity contribution in [2.45, 2.75) is 13.5 Å². The predicted octanol–water partition coefficient (Wildman–Crippen LogP) is 5.24. The Balaban J connectivity index is 1.48. The number of halogens is 1. The summed E-state index contributed by atoms with van der Waals surface area (Å²) in [6.07, 6.45) is 0. The molecule has 0 saturated carbocycles. The van der Waals surface area contributed by atoms with Crippen LogP contribution < -0.4 is 14.8 Å². The Bertz CT molecular complexity index is 895. The van der Waals surface area contributed by atoms with Crippen LogP contribution >= 0.6 is 11.6 Å². The zero-order chi connectivity index (χ0) is 19.1. The lowest BCUT2D eigenvalue weighted by Crippen LogP contribution is -2.20. The third-order valence-electron chi connectivity index (χ3n) is 3.88. The Morgan fingerprint density at radius 3 is 2.41 bits per heavy atom. The van der Waals surface area contributed by atoms with Gasteiger partial charge in [0.25, 0.3) is 5.91 Å². The monoisotopic (exact) mass is 381 g/mol. The van der Waals surface area contributed by atoms with Crippen LogP contribution in [0.15, 0.2) is 72.8 Å². The Hall–Kier alpha value is -2.98. The van der Waals surface area contributed by atoms with Crippen LogP contribution in [0.3, 0.4) is 0 Å². The molecule has 0 spiro atoms. The summed E-state index contributed by atoms with van der Waals surface area (Å²) in [6.45, 7) is 2.31. The van der Waals surface area contributed by atoms with Gasteiger partial charge in [0.05, 0.1) is 0 Å². The largest absolute Gasteiger partial charge is 0.489 e. The van der Waals surface area contributed by atoms with E-state index < -0.39 is 0 Å². The van der Waals surface area contributed by atoms with E-state index in [1.807, 2.05) is 49.4 Å². The Morgan fingerprint density at radius 1 is 0.963 bits per heavy atom. The molecule has 1 amide bonds. The minimum Gasteiger partial charge on any atom is -0.489 e. The fourth-order valence-corrected chi connectivity index (χ4v) is 2.72. The van der Waals surface area contributed by atoms with E-state index in [-0.39, 0.29) is 12.5 Å². The molecule has 5 heteroatoms. The molecule has 0 fully saturated rings. The first-order valence-electron chi connectivity index (χ1n) is 8.56. The maximum atomic E-state index is 12.1. The smallest absolute Gasteiger partial charge is 0.262 e. The van der Waals surface area contributed by atoms with Gasteiger partial charge in [-0.2, -0.15) is 0 Å². The number of carbonyl (C=O) groups is 1. The molecule has 3 rings (SSSR count). The highest BCUT2D eigenvalue weighted by Crippen LogP contribution is 2.22. The van der Waals surface area contributed by atoms with Crippen LogP contribution in [0.5, 0.6) is 11.5 Å². The van der Waals surface area contributed by atoms with Crippen molar-refractivity contribution in [2.75, 3.05) is 11.9 Å². The van der Waals surface area contributed by atoms with Gasteiger partial charge in [0.15, 0.2) is 6.61 Å². The molecule has 0 aliphatic rings. The minimum absolute atomic E-state index is 0.0747. The summed E-state index contributed by atoms with van der Waals surface area (Å²) in [6, 6.07) is 22.5. The van der Waals surface area contributed by atoms with Crippen LogP contribution in [0.25, 0.3) is 0 Å². The summed E-state index contributed by atoms with van der Waals surface area (Å²) in [5.74, 6) is 1.14. The van der Waals surface area contributed by atoms with E-state index in [1.165, 1.54) is 0 Å². The van der Waals surface area contributed by atoms with Crippen molar-refractivity contribution in [3.05, 3.63) is 88.9 Å². The van der Waals surface area contributed by atoms with Gasteiger partial charge in [0.2, 0.25) is 0 Å². The second-order valence-corrected chi connectivity index (χ2v) is 6.48. The quantitative estimate of drug-likeness (QED) is 0.608. The Morgan fingerprint density at radius 2 is 1.70 bits per heavy atom. The van der Waals surface area contributed by atoms with Gasteiger partial charge in [-0.15, -0.1) is 0 Å². The number of benzene rings is 3.